The molecule has 0 unspecified atom stereocenters. The van der Waals surface area contributed by atoms with E-state index in [0.717, 1.165) is 10.8 Å². The smallest absolute Gasteiger partial charge is 0.319 e. The van der Waals surface area contributed by atoms with Crippen molar-refractivity contribution in [2.24, 2.45) is 0 Å². The highest BCUT2D eigenvalue weighted by molar-refractivity contribution is 6.07. The number of carbonyl (C=O) groups excluding carboxylic acids is 2. The van der Waals surface area contributed by atoms with Gasteiger partial charge in [0.05, 0.1) is 18.7 Å². The molecule has 1 aliphatic rings. The van der Waals surface area contributed by atoms with Gasteiger partial charge in [0.2, 0.25) is 0 Å². The summed E-state index contributed by atoms with van der Waals surface area (Å²) in [7, 11) is 1.55. The summed E-state index contributed by atoms with van der Waals surface area (Å²) in [5, 5.41) is 10.1. The van der Waals surface area contributed by atoms with Gasteiger partial charge in [0.1, 0.15) is 11.6 Å². The lowest BCUT2D eigenvalue weighted by atomic mass is 9.90. The first-order chi connectivity index (χ1) is 14.5. The molecule has 6 nitrogen and oxygen atoms in total. The van der Waals surface area contributed by atoms with Crippen LogP contribution in [0.4, 0.5) is 14.9 Å². The molecule has 0 aliphatic carbocycles. The molecule has 0 saturated heterocycles. The van der Waals surface area contributed by atoms with E-state index in [9.17, 15) is 14.0 Å². The first kappa shape index (κ1) is 19.4. The summed E-state index contributed by atoms with van der Waals surface area (Å²) in [5.74, 6) is -0.249. The van der Waals surface area contributed by atoms with Crippen LogP contribution < -0.4 is 20.7 Å². The average Bonchev–Trinajstić information content (AvgIpc) is 2.73. The summed E-state index contributed by atoms with van der Waals surface area (Å²) in [6.07, 6.45) is 0. The zero-order valence-electron chi connectivity index (χ0n) is 16.5. The normalized spacial score (nSPS) is 16.1. The van der Waals surface area contributed by atoms with Gasteiger partial charge in [-0.15, -0.1) is 0 Å². The van der Waals surface area contributed by atoms with Crippen LogP contribution in [0.5, 0.6) is 5.75 Å². The largest absolute Gasteiger partial charge is 0.496 e. The number of benzene rings is 3. The minimum absolute atomic E-state index is 0.341. The highest BCUT2D eigenvalue weighted by atomic mass is 19.1. The number of ether oxygens (including phenoxy) is 1. The molecule has 0 saturated carbocycles. The van der Waals surface area contributed by atoms with Gasteiger partial charge in [-0.1, -0.05) is 30.3 Å². The van der Waals surface area contributed by atoms with Gasteiger partial charge in [0.25, 0.3) is 5.91 Å². The van der Waals surface area contributed by atoms with Crippen LogP contribution in [0.3, 0.4) is 0 Å². The fraction of sp³-hybridized carbons (Fsp3) is 0.130. The van der Waals surface area contributed by atoms with Crippen LogP contribution in [0.25, 0.3) is 10.8 Å². The molecule has 0 spiro atoms. The molecule has 30 heavy (non-hydrogen) atoms. The van der Waals surface area contributed by atoms with Gasteiger partial charge in [0.15, 0.2) is 0 Å². The molecular formula is C23H20FN3O3. The minimum Gasteiger partial charge on any atom is -0.496 e. The molecule has 1 atom stereocenters. The number of allylic oxidation sites excluding steroid dienone is 1. The Bertz CT molecular complexity index is 1170. The topological polar surface area (TPSA) is 79.5 Å². The summed E-state index contributed by atoms with van der Waals surface area (Å²) >= 11 is 0. The first-order valence-corrected chi connectivity index (χ1v) is 9.39. The predicted molar refractivity (Wildman–Crippen MR) is 113 cm³/mol. The van der Waals surface area contributed by atoms with Crippen LogP contribution in [-0.2, 0) is 4.79 Å². The number of halogens is 1. The number of carbonyl (C=O) groups is 2. The zero-order valence-corrected chi connectivity index (χ0v) is 16.5. The molecule has 0 radical (unpaired) electrons. The van der Waals surface area contributed by atoms with Crippen molar-refractivity contribution in [1.29, 1.82) is 0 Å². The van der Waals surface area contributed by atoms with Crippen molar-refractivity contribution in [2.75, 3.05) is 12.4 Å². The van der Waals surface area contributed by atoms with E-state index >= 15 is 0 Å². The van der Waals surface area contributed by atoms with E-state index in [4.69, 9.17) is 4.74 Å². The van der Waals surface area contributed by atoms with Gasteiger partial charge in [0, 0.05) is 16.9 Å². The Balaban J connectivity index is 1.82. The van der Waals surface area contributed by atoms with E-state index in [1.165, 1.54) is 24.3 Å². The second kappa shape index (κ2) is 7.87. The lowest BCUT2D eigenvalue weighted by Crippen LogP contribution is -2.46. The maximum Gasteiger partial charge on any atom is 0.319 e. The van der Waals surface area contributed by atoms with Gasteiger partial charge in [-0.3, -0.25) is 4.79 Å². The van der Waals surface area contributed by atoms with Crippen molar-refractivity contribution < 1.29 is 18.7 Å². The SMILES string of the molecule is COc1ccc2ccccc2c1[C@H]1NC(=O)NC(C)=C1C(=O)Nc1ccc(F)cc1. The lowest BCUT2D eigenvalue weighted by Gasteiger charge is -2.30. The van der Waals surface area contributed by atoms with Gasteiger partial charge >= 0.3 is 6.03 Å². The maximum absolute atomic E-state index is 13.2. The minimum atomic E-state index is -0.736. The van der Waals surface area contributed by atoms with Gasteiger partial charge in [-0.2, -0.15) is 0 Å². The number of methoxy groups -OCH3 is 1. The molecule has 1 heterocycles. The number of rotatable bonds is 4. The third-order valence-corrected chi connectivity index (χ3v) is 5.06. The molecule has 3 aromatic rings. The number of urea groups is 1. The van der Waals surface area contributed by atoms with E-state index in [0.29, 0.717) is 28.3 Å². The monoisotopic (exact) mass is 405 g/mol. The quantitative estimate of drug-likeness (QED) is 0.607. The molecular weight excluding hydrogens is 385 g/mol. The molecule has 1 aliphatic heterocycles. The van der Waals surface area contributed by atoms with Gasteiger partial charge in [-0.05, 0) is 48.0 Å². The summed E-state index contributed by atoms with van der Waals surface area (Å²) in [6.45, 7) is 1.67. The average molecular weight is 405 g/mol. The number of nitrogens with one attached hydrogen (secondary N) is 3. The van der Waals surface area contributed by atoms with Crippen molar-refractivity contribution in [2.45, 2.75) is 13.0 Å². The first-order valence-electron chi connectivity index (χ1n) is 9.39. The summed E-state index contributed by atoms with van der Waals surface area (Å²) in [5.41, 5.74) is 1.91. The fourth-order valence-corrected chi connectivity index (χ4v) is 3.69. The predicted octanol–water partition coefficient (Wildman–Crippen LogP) is 4.25. The van der Waals surface area contributed by atoms with E-state index in [2.05, 4.69) is 16.0 Å². The van der Waals surface area contributed by atoms with Crippen LogP contribution in [0.2, 0.25) is 0 Å². The van der Waals surface area contributed by atoms with Gasteiger partial charge < -0.3 is 20.7 Å². The van der Waals surface area contributed by atoms with Crippen LogP contribution in [0.1, 0.15) is 18.5 Å². The van der Waals surface area contributed by atoms with Crippen molar-refractivity contribution in [1.82, 2.24) is 10.6 Å². The summed E-state index contributed by atoms with van der Waals surface area (Å²) < 4.78 is 18.8. The third kappa shape index (κ3) is 3.57. The van der Waals surface area contributed by atoms with Crippen LogP contribution in [-0.4, -0.2) is 19.0 Å². The lowest BCUT2D eigenvalue weighted by molar-refractivity contribution is -0.113. The standard InChI is InChI=1S/C23H20FN3O3/c1-13-19(22(28)26-16-10-8-15(24)9-11-16)21(27-23(29)25-13)20-17-6-4-3-5-14(17)7-12-18(20)30-2/h3-12,21H,1-2H3,(H,26,28)(H2,25,27,29)/t21-/m0/s1. The van der Waals surface area contributed by atoms with E-state index in [1.807, 2.05) is 36.4 Å². The Morgan fingerprint density at radius 1 is 1.07 bits per heavy atom. The van der Waals surface area contributed by atoms with Crippen LogP contribution in [0.15, 0.2) is 71.9 Å². The van der Waals surface area contributed by atoms with Gasteiger partial charge in [-0.25, -0.2) is 9.18 Å². The van der Waals surface area contributed by atoms with Crippen molar-refractivity contribution in [3.8, 4) is 5.75 Å². The Labute approximate surface area is 172 Å². The molecule has 152 valence electrons. The maximum atomic E-state index is 13.2. The van der Waals surface area contributed by atoms with Crippen molar-refractivity contribution in [3.63, 3.8) is 0 Å². The summed E-state index contributed by atoms with van der Waals surface area (Å²) in [6, 6.07) is 15.8. The third-order valence-electron chi connectivity index (χ3n) is 5.06. The second-order valence-corrected chi connectivity index (χ2v) is 6.93. The molecule has 0 fully saturated rings. The van der Waals surface area contributed by atoms with Crippen molar-refractivity contribution >= 4 is 28.4 Å². The number of fused-ring (bicyclic) bond motifs is 1. The molecule has 0 bridgehead atoms. The Kier molecular flexibility index (Phi) is 5.10. The summed E-state index contributed by atoms with van der Waals surface area (Å²) in [4.78, 5) is 25.5. The Morgan fingerprint density at radius 3 is 2.53 bits per heavy atom. The fourth-order valence-electron chi connectivity index (χ4n) is 3.69. The zero-order chi connectivity index (χ0) is 21.3. The highest BCUT2D eigenvalue weighted by Crippen LogP contribution is 2.38. The molecule has 3 aromatic carbocycles. The Hall–Kier alpha value is -3.87. The van der Waals surface area contributed by atoms with Crippen LogP contribution >= 0.6 is 0 Å². The van der Waals surface area contributed by atoms with Crippen molar-refractivity contribution in [3.05, 3.63) is 83.3 Å². The number of hydrogen-bond donors (Lipinski definition) is 3. The van der Waals surface area contributed by atoms with Crippen LogP contribution in [0, 0.1) is 5.82 Å². The number of amides is 3. The molecule has 7 heteroatoms. The molecule has 3 amide bonds. The second-order valence-electron chi connectivity index (χ2n) is 6.93. The molecule has 0 aromatic heterocycles. The highest BCUT2D eigenvalue weighted by Gasteiger charge is 2.34. The van der Waals surface area contributed by atoms with E-state index < -0.39 is 23.8 Å². The number of anilines is 1. The Morgan fingerprint density at radius 2 is 1.80 bits per heavy atom. The molecule has 3 N–H and O–H groups in total. The van der Waals surface area contributed by atoms with E-state index in [1.54, 1.807) is 14.0 Å². The number of hydrogen-bond acceptors (Lipinski definition) is 3. The molecule has 4 rings (SSSR count). The van der Waals surface area contributed by atoms with E-state index in [-0.39, 0.29) is 0 Å².